The van der Waals surface area contributed by atoms with Gasteiger partial charge in [-0.15, -0.1) is 0 Å². The first kappa shape index (κ1) is 13.6. The van der Waals surface area contributed by atoms with Crippen LogP contribution in [0.2, 0.25) is 0 Å². The highest BCUT2D eigenvalue weighted by Gasteiger charge is 2.24. The van der Waals surface area contributed by atoms with Crippen LogP contribution in [0.4, 0.5) is 0 Å². The van der Waals surface area contributed by atoms with E-state index in [1.807, 2.05) is 6.92 Å². The number of nitrogens with one attached hydrogen (secondary N) is 1. The highest BCUT2D eigenvalue weighted by Crippen LogP contribution is 2.36. The van der Waals surface area contributed by atoms with Gasteiger partial charge in [0.2, 0.25) is 0 Å². The predicted molar refractivity (Wildman–Crippen MR) is 75.8 cm³/mol. The molecule has 18 heavy (non-hydrogen) atoms. The van der Waals surface area contributed by atoms with E-state index in [2.05, 4.69) is 36.5 Å². The van der Waals surface area contributed by atoms with Gasteiger partial charge in [-0.1, -0.05) is 37.6 Å². The summed E-state index contributed by atoms with van der Waals surface area (Å²) in [5.41, 5.74) is 1.67. The fourth-order valence-corrected chi connectivity index (χ4v) is 2.47. The van der Waals surface area contributed by atoms with E-state index in [1.54, 1.807) is 0 Å². The Labute approximate surface area is 110 Å². The highest BCUT2D eigenvalue weighted by atomic mass is 16.3. The smallest absolute Gasteiger partial charge is 0.0992 e. The van der Waals surface area contributed by atoms with Crippen molar-refractivity contribution in [2.45, 2.75) is 51.0 Å². The molecule has 1 aliphatic rings. The summed E-state index contributed by atoms with van der Waals surface area (Å²) in [5, 5.41) is 13.7. The molecule has 1 aromatic carbocycles. The Morgan fingerprint density at radius 2 is 1.94 bits per heavy atom. The molecule has 0 aromatic heterocycles. The summed E-state index contributed by atoms with van der Waals surface area (Å²) in [7, 11) is 0. The third kappa shape index (κ3) is 3.12. The molecule has 1 fully saturated rings. The van der Waals surface area contributed by atoms with Crippen LogP contribution in [-0.2, 0) is 5.60 Å². The number of aliphatic hydroxyl groups is 1. The van der Waals surface area contributed by atoms with E-state index >= 15 is 0 Å². The minimum Gasteiger partial charge on any atom is -0.384 e. The van der Waals surface area contributed by atoms with Crippen molar-refractivity contribution in [3.8, 4) is 0 Å². The van der Waals surface area contributed by atoms with Crippen LogP contribution in [0.15, 0.2) is 24.3 Å². The second kappa shape index (κ2) is 5.85. The molecule has 1 aliphatic carbocycles. The maximum atomic E-state index is 10.5. The first-order chi connectivity index (χ1) is 8.63. The maximum absolute atomic E-state index is 10.5. The minimum atomic E-state index is -0.771. The van der Waals surface area contributed by atoms with Crippen molar-refractivity contribution in [3.63, 3.8) is 0 Å². The molecule has 1 aromatic rings. The van der Waals surface area contributed by atoms with Crippen LogP contribution in [0.25, 0.3) is 0 Å². The molecule has 0 aliphatic heterocycles. The summed E-state index contributed by atoms with van der Waals surface area (Å²) in [5.74, 6) is 0.766. The monoisotopic (exact) mass is 247 g/mol. The van der Waals surface area contributed by atoms with Crippen LogP contribution in [-0.4, -0.2) is 18.2 Å². The van der Waals surface area contributed by atoms with Crippen molar-refractivity contribution < 1.29 is 5.11 Å². The van der Waals surface area contributed by atoms with Gasteiger partial charge in [0.05, 0.1) is 5.60 Å². The summed E-state index contributed by atoms with van der Waals surface area (Å²) in [4.78, 5) is 0. The maximum Gasteiger partial charge on any atom is 0.0992 e. The Hall–Kier alpha value is -0.860. The van der Waals surface area contributed by atoms with E-state index in [9.17, 15) is 5.11 Å². The Morgan fingerprint density at radius 1 is 1.28 bits per heavy atom. The molecule has 1 unspecified atom stereocenters. The molecule has 100 valence electrons. The lowest BCUT2D eigenvalue weighted by atomic mass is 9.79. The van der Waals surface area contributed by atoms with Gasteiger partial charge in [0, 0.05) is 6.54 Å². The van der Waals surface area contributed by atoms with Gasteiger partial charge < -0.3 is 10.4 Å². The van der Waals surface area contributed by atoms with E-state index in [0.717, 1.165) is 24.4 Å². The Kier molecular flexibility index (Phi) is 4.41. The van der Waals surface area contributed by atoms with Gasteiger partial charge in [-0.05, 0) is 49.8 Å². The van der Waals surface area contributed by atoms with E-state index in [-0.39, 0.29) is 0 Å². The first-order valence-corrected chi connectivity index (χ1v) is 7.17. The van der Waals surface area contributed by atoms with E-state index in [1.165, 1.54) is 24.8 Å². The molecule has 2 heteroatoms. The second-order valence-electron chi connectivity index (χ2n) is 5.70. The standard InChI is InChI=1S/C16H25NO/c1-3-11-17-12-16(2,18)15-9-7-14(8-10-15)13-5-4-6-13/h7-10,13,17-18H,3-6,11-12H2,1-2H3. The minimum absolute atomic E-state index is 0.615. The molecule has 2 rings (SSSR count). The zero-order valence-corrected chi connectivity index (χ0v) is 11.6. The average Bonchev–Trinajstić information content (AvgIpc) is 2.28. The third-order valence-corrected chi connectivity index (χ3v) is 4.01. The van der Waals surface area contributed by atoms with Gasteiger partial charge in [0.25, 0.3) is 0 Å². The highest BCUT2D eigenvalue weighted by molar-refractivity contribution is 5.30. The fraction of sp³-hybridized carbons (Fsp3) is 0.625. The Balaban J connectivity index is 1.98. The fourth-order valence-electron chi connectivity index (χ4n) is 2.47. The van der Waals surface area contributed by atoms with Crippen molar-refractivity contribution >= 4 is 0 Å². The molecule has 0 heterocycles. The molecule has 1 saturated carbocycles. The molecule has 0 saturated heterocycles. The molecule has 1 atom stereocenters. The van der Waals surface area contributed by atoms with Crippen LogP contribution in [0.1, 0.15) is 56.6 Å². The lowest BCUT2D eigenvalue weighted by molar-refractivity contribution is 0.0572. The average molecular weight is 247 g/mol. The van der Waals surface area contributed by atoms with Crippen LogP contribution in [0.5, 0.6) is 0 Å². The van der Waals surface area contributed by atoms with Gasteiger partial charge in [0.15, 0.2) is 0 Å². The van der Waals surface area contributed by atoms with Crippen molar-refractivity contribution in [1.29, 1.82) is 0 Å². The van der Waals surface area contributed by atoms with Gasteiger partial charge >= 0.3 is 0 Å². The molecule has 2 nitrogen and oxygen atoms in total. The van der Waals surface area contributed by atoms with Crippen molar-refractivity contribution in [3.05, 3.63) is 35.4 Å². The van der Waals surface area contributed by atoms with E-state index < -0.39 is 5.60 Å². The zero-order chi connectivity index (χ0) is 13.0. The van der Waals surface area contributed by atoms with E-state index in [4.69, 9.17) is 0 Å². The number of benzene rings is 1. The molecule has 2 N–H and O–H groups in total. The number of rotatable bonds is 6. The van der Waals surface area contributed by atoms with Crippen LogP contribution in [0, 0.1) is 0 Å². The summed E-state index contributed by atoms with van der Waals surface area (Å²) in [6, 6.07) is 8.55. The lowest BCUT2D eigenvalue weighted by Crippen LogP contribution is -2.35. The van der Waals surface area contributed by atoms with Crippen LogP contribution < -0.4 is 5.32 Å². The van der Waals surface area contributed by atoms with Crippen molar-refractivity contribution in [1.82, 2.24) is 5.32 Å². The number of hydrogen-bond acceptors (Lipinski definition) is 2. The topological polar surface area (TPSA) is 32.3 Å². The molecule has 0 bridgehead atoms. The molecule has 0 spiro atoms. The van der Waals surface area contributed by atoms with Gasteiger partial charge in [-0.25, -0.2) is 0 Å². The quantitative estimate of drug-likeness (QED) is 0.757. The molecular formula is C16H25NO. The SMILES string of the molecule is CCCNCC(C)(O)c1ccc(C2CCC2)cc1. The normalized spacial score (nSPS) is 19.3. The summed E-state index contributed by atoms with van der Waals surface area (Å²) < 4.78 is 0. The van der Waals surface area contributed by atoms with Gasteiger partial charge in [0.1, 0.15) is 0 Å². The summed E-state index contributed by atoms with van der Waals surface area (Å²) in [6.07, 6.45) is 5.11. The van der Waals surface area contributed by atoms with Crippen LogP contribution >= 0.6 is 0 Å². The second-order valence-corrected chi connectivity index (χ2v) is 5.70. The largest absolute Gasteiger partial charge is 0.384 e. The molecule has 0 amide bonds. The van der Waals surface area contributed by atoms with Gasteiger partial charge in [-0.2, -0.15) is 0 Å². The van der Waals surface area contributed by atoms with E-state index in [0.29, 0.717) is 6.54 Å². The molecule has 0 radical (unpaired) electrons. The van der Waals surface area contributed by atoms with Crippen molar-refractivity contribution in [2.24, 2.45) is 0 Å². The predicted octanol–water partition coefficient (Wildman–Crippen LogP) is 3.16. The van der Waals surface area contributed by atoms with Crippen LogP contribution in [0.3, 0.4) is 0 Å². The number of hydrogen-bond donors (Lipinski definition) is 2. The Bertz CT molecular complexity index is 365. The Morgan fingerprint density at radius 3 is 2.44 bits per heavy atom. The summed E-state index contributed by atoms with van der Waals surface area (Å²) in [6.45, 7) is 5.59. The lowest BCUT2D eigenvalue weighted by Gasteiger charge is -2.28. The third-order valence-electron chi connectivity index (χ3n) is 4.01. The van der Waals surface area contributed by atoms with Crippen molar-refractivity contribution in [2.75, 3.05) is 13.1 Å². The van der Waals surface area contributed by atoms with Gasteiger partial charge in [-0.3, -0.25) is 0 Å². The summed E-state index contributed by atoms with van der Waals surface area (Å²) >= 11 is 0. The zero-order valence-electron chi connectivity index (χ0n) is 11.6. The first-order valence-electron chi connectivity index (χ1n) is 7.17. The molecular weight excluding hydrogens is 222 g/mol.